The number of benzene rings is 2. The number of pyridine rings is 1. The molecule has 6 nitrogen and oxygen atoms in total. The molecule has 0 spiro atoms. The van der Waals surface area contributed by atoms with Gasteiger partial charge in [0.2, 0.25) is 5.91 Å². The summed E-state index contributed by atoms with van der Waals surface area (Å²) in [6.45, 7) is 1.98. The molecule has 3 aromatic rings. The molecule has 0 saturated heterocycles. The highest BCUT2D eigenvalue weighted by Gasteiger charge is 2.36. The molecule has 1 aliphatic heterocycles. The van der Waals surface area contributed by atoms with E-state index in [0.717, 1.165) is 15.5 Å². The highest BCUT2D eigenvalue weighted by atomic mass is 32.2. The first-order chi connectivity index (χ1) is 17.6. The Labute approximate surface area is 219 Å². The van der Waals surface area contributed by atoms with Crippen molar-refractivity contribution >= 4 is 52.7 Å². The second-order valence-electron chi connectivity index (χ2n) is 8.36. The maximum Gasteiger partial charge on any atom is 0.326 e. The number of para-hydroxylation sites is 1. The van der Waals surface area contributed by atoms with Crippen LogP contribution in [0.3, 0.4) is 0 Å². The van der Waals surface area contributed by atoms with Crippen molar-refractivity contribution in [3.8, 4) is 0 Å². The maximum atomic E-state index is 13.6. The van der Waals surface area contributed by atoms with Gasteiger partial charge in [-0.05, 0) is 48.9 Å². The van der Waals surface area contributed by atoms with Gasteiger partial charge < -0.3 is 10.6 Å². The maximum absolute atomic E-state index is 13.6. The van der Waals surface area contributed by atoms with Gasteiger partial charge in [0.15, 0.2) is 0 Å². The SMILES string of the molecule is CCC(Sc1cccc(NC(=O)N2c3ccccc3SC3C=CC=CC32)c1)C(=O)Nc1ccccn1. The van der Waals surface area contributed by atoms with Crippen LogP contribution in [0.1, 0.15) is 13.3 Å². The van der Waals surface area contributed by atoms with Gasteiger partial charge in [-0.2, -0.15) is 0 Å². The molecule has 3 unspecified atom stereocenters. The number of nitrogens with one attached hydrogen (secondary N) is 2. The van der Waals surface area contributed by atoms with Crippen LogP contribution in [-0.4, -0.2) is 33.5 Å². The van der Waals surface area contributed by atoms with Gasteiger partial charge in [-0.15, -0.1) is 23.5 Å². The third-order valence-electron chi connectivity index (χ3n) is 5.90. The Kier molecular flexibility index (Phi) is 7.44. The summed E-state index contributed by atoms with van der Waals surface area (Å²) in [5.74, 6) is 0.439. The number of hydrogen-bond acceptors (Lipinski definition) is 5. The lowest BCUT2D eigenvalue weighted by Crippen LogP contribution is -2.49. The summed E-state index contributed by atoms with van der Waals surface area (Å²) in [6, 6.07) is 20.8. The zero-order chi connectivity index (χ0) is 24.9. The minimum Gasteiger partial charge on any atom is -0.310 e. The van der Waals surface area contributed by atoms with E-state index < -0.39 is 0 Å². The van der Waals surface area contributed by atoms with Gasteiger partial charge >= 0.3 is 6.03 Å². The molecule has 1 aliphatic carbocycles. The lowest BCUT2D eigenvalue weighted by Gasteiger charge is -2.40. The molecule has 5 rings (SSSR count). The molecular weight excluding hydrogens is 488 g/mol. The molecular formula is C28H26N4O2S2. The summed E-state index contributed by atoms with van der Waals surface area (Å²) in [5.41, 5.74) is 1.59. The number of hydrogen-bond donors (Lipinski definition) is 2. The first kappa shape index (κ1) is 24.2. The van der Waals surface area contributed by atoms with Gasteiger partial charge in [0.05, 0.1) is 22.2 Å². The Morgan fingerprint density at radius 1 is 1.03 bits per heavy atom. The molecule has 3 amide bonds. The third kappa shape index (κ3) is 5.34. The summed E-state index contributed by atoms with van der Waals surface area (Å²) in [7, 11) is 0. The van der Waals surface area contributed by atoms with E-state index in [0.29, 0.717) is 17.9 Å². The van der Waals surface area contributed by atoms with Gasteiger partial charge in [0.25, 0.3) is 0 Å². The smallest absolute Gasteiger partial charge is 0.310 e. The van der Waals surface area contributed by atoms with Gasteiger partial charge in [0, 0.05) is 21.7 Å². The second-order valence-corrected chi connectivity index (χ2v) is 10.9. The summed E-state index contributed by atoms with van der Waals surface area (Å²) >= 11 is 3.25. The zero-order valence-corrected chi connectivity index (χ0v) is 21.3. The number of thioether (sulfide) groups is 2. The quantitative estimate of drug-likeness (QED) is 0.363. The molecule has 0 radical (unpaired) electrons. The molecule has 0 fully saturated rings. The van der Waals surface area contributed by atoms with Crippen LogP contribution >= 0.6 is 23.5 Å². The molecule has 2 aliphatic rings. The van der Waals surface area contributed by atoms with E-state index in [1.807, 2.05) is 78.6 Å². The lowest BCUT2D eigenvalue weighted by molar-refractivity contribution is -0.115. The van der Waals surface area contributed by atoms with E-state index in [9.17, 15) is 9.59 Å². The predicted molar refractivity (Wildman–Crippen MR) is 149 cm³/mol. The largest absolute Gasteiger partial charge is 0.326 e. The van der Waals surface area contributed by atoms with Crippen LogP contribution < -0.4 is 15.5 Å². The molecule has 1 aromatic heterocycles. The van der Waals surface area contributed by atoms with Crippen LogP contribution in [0.2, 0.25) is 0 Å². The number of allylic oxidation sites excluding steroid dienone is 2. The average Bonchev–Trinajstić information content (AvgIpc) is 2.91. The normalized spacial score (nSPS) is 18.6. The fourth-order valence-electron chi connectivity index (χ4n) is 4.19. The Morgan fingerprint density at radius 2 is 1.86 bits per heavy atom. The standard InChI is InChI=1S/C28H26N4O2S2/c1-2-23(27(33)31-26-16-7-8-17-29-26)35-20-11-9-10-19(18-20)30-28(34)32-21-12-3-5-14-24(21)36-25-15-6-4-13-22(25)32/h3-18,21,23-24H,2H2,1H3,(H,30,34)(H,29,31,33). The number of fused-ring (bicyclic) bond motifs is 2. The Bertz CT molecular complexity index is 1310. The Balaban J connectivity index is 1.31. The molecule has 0 bridgehead atoms. The zero-order valence-electron chi connectivity index (χ0n) is 19.7. The van der Waals surface area contributed by atoms with Crippen LogP contribution in [-0.2, 0) is 4.79 Å². The fourth-order valence-corrected chi connectivity index (χ4v) is 6.46. The van der Waals surface area contributed by atoms with Crippen molar-refractivity contribution in [3.63, 3.8) is 0 Å². The summed E-state index contributed by atoms with van der Waals surface area (Å²) in [4.78, 5) is 34.4. The monoisotopic (exact) mass is 514 g/mol. The van der Waals surface area contributed by atoms with Crippen LogP contribution in [0.4, 0.5) is 22.0 Å². The molecule has 8 heteroatoms. The van der Waals surface area contributed by atoms with Crippen molar-refractivity contribution < 1.29 is 9.59 Å². The summed E-state index contributed by atoms with van der Waals surface area (Å²) in [5, 5.41) is 5.84. The minimum absolute atomic E-state index is 0.0628. The first-order valence-electron chi connectivity index (χ1n) is 11.8. The Morgan fingerprint density at radius 3 is 2.69 bits per heavy atom. The predicted octanol–water partition coefficient (Wildman–Crippen LogP) is 6.60. The first-order valence-corrected chi connectivity index (χ1v) is 13.6. The lowest BCUT2D eigenvalue weighted by atomic mass is 10.1. The number of amides is 3. The molecule has 36 heavy (non-hydrogen) atoms. The number of urea groups is 1. The van der Waals surface area contributed by atoms with Crippen molar-refractivity contribution in [2.45, 2.75) is 39.7 Å². The van der Waals surface area contributed by atoms with Crippen molar-refractivity contribution in [3.05, 3.63) is 97.2 Å². The van der Waals surface area contributed by atoms with Gasteiger partial charge in [-0.3, -0.25) is 9.69 Å². The van der Waals surface area contributed by atoms with Crippen molar-refractivity contribution in [1.82, 2.24) is 4.98 Å². The highest BCUT2D eigenvalue weighted by molar-refractivity contribution is 8.00. The number of aromatic nitrogens is 1. The van der Waals surface area contributed by atoms with Gasteiger partial charge in [-0.1, -0.05) is 55.5 Å². The molecule has 0 saturated carbocycles. The van der Waals surface area contributed by atoms with Gasteiger partial charge in [-0.25, -0.2) is 9.78 Å². The van der Waals surface area contributed by atoms with E-state index in [4.69, 9.17) is 0 Å². The molecule has 2 heterocycles. The third-order valence-corrected chi connectivity index (χ3v) is 8.57. The fraction of sp³-hybridized carbons (Fsp3) is 0.179. The van der Waals surface area contributed by atoms with E-state index in [-0.39, 0.29) is 28.5 Å². The number of anilines is 3. The number of carbonyl (C=O) groups excluding carboxylic acids is 2. The van der Waals surface area contributed by atoms with Crippen LogP contribution in [0, 0.1) is 0 Å². The average molecular weight is 515 g/mol. The van der Waals surface area contributed by atoms with Crippen LogP contribution in [0.15, 0.2) is 107 Å². The molecule has 2 N–H and O–H groups in total. The van der Waals surface area contributed by atoms with Gasteiger partial charge in [0.1, 0.15) is 5.82 Å². The van der Waals surface area contributed by atoms with Crippen LogP contribution in [0.5, 0.6) is 0 Å². The number of rotatable bonds is 6. The van der Waals surface area contributed by atoms with E-state index >= 15 is 0 Å². The Hall–Kier alpha value is -3.49. The van der Waals surface area contributed by atoms with Crippen molar-refractivity contribution in [2.75, 3.05) is 15.5 Å². The topological polar surface area (TPSA) is 74.3 Å². The highest BCUT2D eigenvalue weighted by Crippen LogP contribution is 2.43. The number of carbonyl (C=O) groups is 2. The minimum atomic E-state index is -0.288. The van der Waals surface area contributed by atoms with Crippen molar-refractivity contribution in [1.29, 1.82) is 0 Å². The van der Waals surface area contributed by atoms with E-state index in [1.54, 1.807) is 24.0 Å². The van der Waals surface area contributed by atoms with E-state index in [2.05, 4.69) is 33.8 Å². The summed E-state index contributed by atoms with van der Waals surface area (Å²) < 4.78 is 0. The van der Waals surface area contributed by atoms with Crippen LogP contribution in [0.25, 0.3) is 0 Å². The molecule has 182 valence electrons. The van der Waals surface area contributed by atoms with E-state index in [1.165, 1.54) is 11.8 Å². The molecule has 2 aromatic carbocycles. The number of nitrogens with zero attached hydrogens (tertiary/aromatic N) is 2. The molecule has 3 atom stereocenters. The van der Waals surface area contributed by atoms with Crippen molar-refractivity contribution in [2.24, 2.45) is 0 Å². The summed E-state index contributed by atoms with van der Waals surface area (Å²) in [6.07, 6.45) is 10.6. The second kappa shape index (κ2) is 11.1.